The van der Waals surface area contributed by atoms with E-state index in [0.29, 0.717) is 35.8 Å². The minimum Gasteiger partial charge on any atom is -0.506 e. The molecule has 1 saturated heterocycles. The Kier molecular flexibility index (Phi) is 5.45. The normalized spacial score (nSPS) is 20.2. The van der Waals surface area contributed by atoms with Crippen LogP contribution in [0.15, 0.2) is 17.7 Å². The number of allylic oxidation sites excluding steroid dienone is 1. The summed E-state index contributed by atoms with van der Waals surface area (Å²) in [6, 6.07) is 3.06. The molecule has 0 bridgehead atoms. The zero-order chi connectivity index (χ0) is 19.1. The first-order valence-electron chi connectivity index (χ1n) is 8.48. The molecule has 1 fully saturated rings. The quantitative estimate of drug-likeness (QED) is 0.767. The molecule has 0 unspecified atom stereocenters. The van der Waals surface area contributed by atoms with Gasteiger partial charge in [-0.3, -0.25) is 9.59 Å². The first-order chi connectivity index (χ1) is 12.2. The van der Waals surface area contributed by atoms with Crippen molar-refractivity contribution in [1.82, 2.24) is 0 Å². The first-order valence-corrected chi connectivity index (χ1v) is 9.23. The van der Waals surface area contributed by atoms with E-state index < -0.39 is 23.3 Å². The van der Waals surface area contributed by atoms with Crippen molar-refractivity contribution in [3.05, 3.63) is 38.9 Å². The summed E-state index contributed by atoms with van der Waals surface area (Å²) < 4.78 is 10.9. The number of Topliss-reactive ketones (excluding diaryl/α,β-unsaturated/α-hetero) is 2. The number of aliphatic hydroxyl groups is 1. The molecule has 26 heavy (non-hydrogen) atoms. The maximum atomic E-state index is 12.9. The van der Waals surface area contributed by atoms with Gasteiger partial charge in [-0.15, -0.1) is 0 Å². The maximum Gasteiger partial charge on any atom is 0.180 e. The number of carbonyl (C=O) groups excluding carboxylic acids is 2. The average Bonchev–Trinajstić information content (AvgIpc) is 2.61. The van der Waals surface area contributed by atoms with Crippen LogP contribution in [-0.2, 0) is 24.5 Å². The lowest BCUT2D eigenvalue weighted by molar-refractivity contribution is -0.182. The van der Waals surface area contributed by atoms with Crippen LogP contribution in [0, 0.1) is 0 Å². The minimum atomic E-state index is -1.00. The zero-order valence-corrected chi connectivity index (χ0v) is 16.1. The molecule has 5 nitrogen and oxygen atoms in total. The monoisotopic (exact) mass is 398 g/mol. The lowest BCUT2D eigenvalue weighted by atomic mass is 9.70. The molecule has 1 aliphatic heterocycles. The number of fused-ring (bicyclic) bond motifs is 1. The summed E-state index contributed by atoms with van der Waals surface area (Å²) in [4.78, 5) is 25.6. The molecule has 1 aromatic rings. The number of rotatable bonds is 4. The molecule has 1 aromatic carbocycles. The highest BCUT2D eigenvalue weighted by molar-refractivity contribution is 6.42. The summed E-state index contributed by atoms with van der Waals surface area (Å²) in [5.41, 5.74) is -0.294. The second-order valence-electron chi connectivity index (χ2n) is 6.98. The van der Waals surface area contributed by atoms with Crippen LogP contribution in [0.1, 0.15) is 44.2 Å². The summed E-state index contributed by atoms with van der Waals surface area (Å²) in [6.45, 7) is 4.58. The Morgan fingerprint density at radius 1 is 1.23 bits per heavy atom. The van der Waals surface area contributed by atoms with E-state index in [1.54, 1.807) is 19.9 Å². The SMILES string of the molecule is CC1(C)C(=O)C(C(=O)CCC2OCCCO2)=C(O)c2cc(Cl)c(Cl)cc21. The number of hydrogen-bond donors (Lipinski definition) is 1. The molecule has 0 aromatic heterocycles. The van der Waals surface area contributed by atoms with E-state index in [0.717, 1.165) is 6.42 Å². The standard InChI is InChI=1S/C19H20Cl2O5/c1-19(2)11-9-13(21)12(20)8-10(11)17(23)16(18(19)24)14(22)4-5-15-25-6-3-7-26-15/h8-9,15,23H,3-7H2,1-2H3. The average molecular weight is 399 g/mol. The highest BCUT2D eigenvalue weighted by Crippen LogP contribution is 2.43. The fourth-order valence-corrected chi connectivity index (χ4v) is 3.60. The molecule has 0 atom stereocenters. The largest absolute Gasteiger partial charge is 0.506 e. The molecule has 7 heteroatoms. The van der Waals surface area contributed by atoms with Crippen LogP contribution in [0.3, 0.4) is 0 Å². The lowest BCUT2D eigenvalue weighted by Gasteiger charge is -2.32. The summed E-state index contributed by atoms with van der Waals surface area (Å²) in [6.07, 6.45) is 0.742. The van der Waals surface area contributed by atoms with Crippen molar-refractivity contribution in [2.24, 2.45) is 0 Å². The molecule has 1 N–H and O–H groups in total. The molecule has 0 spiro atoms. The van der Waals surface area contributed by atoms with Crippen molar-refractivity contribution in [1.29, 1.82) is 0 Å². The molecule has 0 radical (unpaired) electrons. The van der Waals surface area contributed by atoms with Crippen molar-refractivity contribution in [2.75, 3.05) is 13.2 Å². The van der Waals surface area contributed by atoms with E-state index in [4.69, 9.17) is 32.7 Å². The molecule has 140 valence electrons. The van der Waals surface area contributed by atoms with E-state index in [1.807, 2.05) is 0 Å². The van der Waals surface area contributed by atoms with Gasteiger partial charge in [0.25, 0.3) is 0 Å². The Bertz CT molecular complexity index is 791. The van der Waals surface area contributed by atoms with Crippen LogP contribution < -0.4 is 0 Å². The first kappa shape index (κ1) is 19.4. The van der Waals surface area contributed by atoms with E-state index in [1.165, 1.54) is 6.07 Å². The second kappa shape index (κ2) is 7.31. The number of halogens is 2. The molecule has 2 aliphatic rings. The Balaban J connectivity index is 1.93. The summed E-state index contributed by atoms with van der Waals surface area (Å²) in [5.74, 6) is -1.22. The van der Waals surface area contributed by atoms with Crippen molar-refractivity contribution in [2.45, 2.75) is 44.8 Å². The number of hydrogen-bond acceptors (Lipinski definition) is 5. The molecule has 0 amide bonds. The van der Waals surface area contributed by atoms with Crippen LogP contribution in [0.25, 0.3) is 5.76 Å². The van der Waals surface area contributed by atoms with Crippen molar-refractivity contribution in [3.8, 4) is 0 Å². The van der Waals surface area contributed by atoms with E-state index in [-0.39, 0.29) is 22.8 Å². The third kappa shape index (κ3) is 3.41. The fourth-order valence-electron chi connectivity index (χ4n) is 3.27. The van der Waals surface area contributed by atoms with Crippen molar-refractivity contribution >= 4 is 40.5 Å². The number of carbonyl (C=O) groups is 2. The Hall–Kier alpha value is -1.40. The molecular weight excluding hydrogens is 379 g/mol. The van der Waals surface area contributed by atoms with E-state index >= 15 is 0 Å². The fraction of sp³-hybridized carbons (Fsp3) is 0.474. The topological polar surface area (TPSA) is 72.8 Å². The van der Waals surface area contributed by atoms with Crippen LogP contribution in [-0.4, -0.2) is 36.2 Å². The van der Waals surface area contributed by atoms with Gasteiger partial charge in [0.05, 0.1) is 28.7 Å². The Labute approximate surface area is 161 Å². The van der Waals surface area contributed by atoms with Gasteiger partial charge in [0.1, 0.15) is 11.3 Å². The molecule has 1 aliphatic carbocycles. The van der Waals surface area contributed by atoms with Gasteiger partial charge in [-0.2, -0.15) is 0 Å². The maximum absolute atomic E-state index is 12.9. The van der Waals surface area contributed by atoms with Crippen LogP contribution in [0.4, 0.5) is 0 Å². The van der Waals surface area contributed by atoms with Gasteiger partial charge < -0.3 is 14.6 Å². The summed E-state index contributed by atoms with van der Waals surface area (Å²) in [5, 5.41) is 11.2. The number of ether oxygens (including phenoxy) is 2. The Morgan fingerprint density at radius 3 is 2.50 bits per heavy atom. The van der Waals surface area contributed by atoms with Gasteiger partial charge in [0, 0.05) is 18.4 Å². The number of ketones is 2. The minimum absolute atomic E-state index is 0.0442. The van der Waals surface area contributed by atoms with Gasteiger partial charge in [0.2, 0.25) is 0 Å². The number of aliphatic hydroxyl groups excluding tert-OH is 1. The zero-order valence-electron chi connectivity index (χ0n) is 14.6. The van der Waals surface area contributed by atoms with Gasteiger partial charge >= 0.3 is 0 Å². The summed E-state index contributed by atoms with van der Waals surface area (Å²) >= 11 is 12.1. The third-order valence-corrected chi connectivity index (χ3v) is 5.52. The molecule has 3 rings (SSSR count). The van der Waals surface area contributed by atoms with Crippen molar-refractivity contribution < 1.29 is 24.2 Å². The molecular formula is C19H20Cl2O5. The van der Waals surface area contributed by atoms with Crippen molar-refractivity contribution in [3.63, 3.8) is 0 Å². The molecule has 0 saturated carbocycles. The van der Waals surface area contributed by atoms with E-state index in [2.05, 4.69) is 0 Å². The van der Waals surface area contributed by atoms with Gasteiger partial charge in [0.15, 0.2) is 17.9 Å². The predicted octanol–water partition coefficient (Wildman–Crippen LogP) is 4.24. The van der Waals surface area contributed by atoms with Crippen LogP contribution in [0.2, 0.25) is 10.0 Å². The highest BCUT2D eigenvalue weighted by atomic mass is 35.5. The summed E-state index contributed by atoms with van der Waals surface area (Å²) in [7, 11) is 0. The number of benzene rings is 1. The molecule has 1 heterocycles. The predicted molar refractivity (Wildman–Crippen MR) is 98.6 cm³/mol. The third-order valence-electron chi connectivity index (χ3n) is 4.80. The van der Waals surface area contributed by atoms with Gasteiger partial charge in [-0.25, -0.2) is 0 Å². The second-order valence-corrected chi connectivity index (χ2v) is 7.79. The highest BCUT2D eigenvalue weighted by Gasteiger charge is 2.43. The van der Waals surface area contributed by atoms with Crippen LogP contribution >= 0.6 is 23.2 Å². The van der Waals surface area contributed by atoms with Gasteiger partial charge in [-0.05, 0) is 38.0 Å². The smallest absolute Gasteiger partial charge is 0.180 e. The van der Waals surface area contributed by atoms with E-state index in [9.17, 15) is 14.7 Å². The Morgan fingerprint density at radius 2 is 1.85 bits per heavy atom. The van der Waals surface area contributed by atoms with Gasteiger partial charge in [-0.1, -0.05) is 23.2 Å². The lowest BCUT2D eigenvalue weighted by Crippen LogP contribution is -2.38. The van der Waals surface area contributed by atoms with Crippen LogP contribution in [0.5, 0.6) is 0 Å².